The summed E-state index contributed by atoms with van der Waals surface area (Å²) in [7, 11) is 0. The molecule has 3 heteroatoms. The van der Waals surface area contributed by atoms with Gasteiger partial charge >= 0.3 is 0 Å². The van der Waals surface area contributed by atoms with E-state index < -0.39 is 0 Å². The van der Waals surface area contributed by atoms with Crippen molar-refractivity contribution in [1.82, 2.24) is 0 Å². The summed E-state index contributed by atoms with van der Waals surface area (Å²) >= 11 is 0. The smallest absolute Gasteiger partial charge is 0.0684 e. The first-order valence-corrected chi connectivity index (χ1v) is 7.27. The summed E-state index contributed by atoms with van der Waals surface area (Å²) in [5.74, 6) is 0.475. The molecule has 20 heavy (non-hydrogen) atoms. The van der Waals surface area contributed by atoms with Gasteiger partial charge in [-0.15, -0.1) is 0 Å². The summed E-state index contributed by atoms with van der Waals surface area (Å²) in [5.41, 5.74) is -0.445. The second kappa shape index (κ2) is 7.31. The van der Waals surface area contributed by atoms with E-state index in [0.29, 0.717) is 6.42 Å². The van der Waals surface area contributed by atoms with Crippen molar-refractivity contribution >= 4 is 0 Å². The Balaban J connectivity index is 5.10. The highest BCUT2D eigenvalue weighted by atomic mass is 14.4. The van der Waals surface area contributed by atoms with E-state index in [9.17, 15) is 5.26 Å². The topological polar surface area (TPSA) is 71.4 Å². The molecule has 3 atom stereocenters. The molecular formula is C17H27N3. The predicted octanol–water partition coefficient (Wildman–Crippen LogP) is 4.67. The van der Waals surface area contributed by atoms with Gasteiger partial charge < -0.3 is 0 Å². The Morgan fingerprint density at radius 3 is 1.90 bits per heavy atom. The largest absolute Gasteiger partial charge is 0.198 e. The molecule has 0 heterocycles. The number of rotatable bonds is 7. The third kappa shape index (κ3) is 5.63. The third-order valence-electron chi connectivity index (χ3n) is 4.19. The van der Waals surface area contributed by atoms with Crippen LogP contribution in [0.15, 0.2) is 0 Å². The van der Waals surface area contributed by atoms with Gasteiger partial charge in [0.05, 0.1) is 23.6 Å². The summed E-state index contributed by atoms with van der Waals surface area (Å²) in [5, 5.41) is 27.3. The second-order valence-electron chi connectivity index (χ2n) is 7.37. The maximum absolute atomic E-state index is 9.18. The SMILES string of the molecule is CC(C#N)CC(C)(C)C(CC#N)C(C)CC(C)(C)C#N. The monoisotopic (exact) mass is 273 g/mol. The van der Waals surface area contributed by atoms with Gasteiger partial charge in [0.15, 0.2) is 0 Å². The quantitative estimate of drug-likeness (QED) is 0.676. The van der Waals surface area contributed by atoms with Crippen LogP contribution in [-0.4, -0.2) is 0 Å². The van der Waals surface area contributed by atoms with Crippen LogP contribution in [0.2, 0.25) is 0 Å². The summed E-state index contributed by atoms with van der Waals surface area (Å²) in [6, 6.07) is 6.90. The maximum atomic E-state index is 9.18. The molecule has 110 valence electrons. The van der Waals surface area contributed by atoms with E-state index in [2.05, 4.69) is 39.0 Å². The Labute approximate surface area is 124 Å². The molecular weight excluding hydrogens is 246 g/mol. The van der Waals surface area contributed by atoms with Crippen molar-refractivity contribution in [1.29, 1.82) is 15.8 Å². The van der Waals surface area contributed by atoms with Crippen LogP contribution in [0.25, 0.3) is 0 Å². The lowest BCUT2D eigenvalue weighted by Crippen LogP contribution is -2.33. The fraction of sp³-hybridized carbons (Fsp3) is 0.824. The molecule has 0 aromatic heterocycles. The summed E-state index contributed by atoms with van der Waals surface area (Å²) in [6.45, 7) is 12.2. The minimum atomic E-state index is -0.371. The zero-order valence-corrected chi connectivity index (χ0v) is 13.7. The molecule has 0 aliphatic carbocycles. The fourth-order valence-corrected chi connectivity index (χ4v) is 3.33. The van der Waals surface area contributed by atoms with E-state index in [-0.39, 0.29) is 28.6 Å². The first kappa shape index (κ1) is 18.5. The van der Waals surface area contributed by atoms with Crippen LogP contribution in [0.5, 0.6) is 0 Å². The van der Waals surface area contributed by atoms with Gasteiger partial charge in [-0.3, -0.25) is 0 Å². The van der Waals surface area contributed by atoms with Gasteiger partial charge in [-0.25, -0.2) is 0 Å². The lowest BCUT2D eigenvalue weighted by molar-refractivity contribution is 0.107. The average molecular weight is 273 g/mol. The van der Waals surface area contributed by atoms with Gasteiger partial charge in [-0.05, 0) is 50.9 Å². The minimum Gasteiger partial charge on any atom is -0.198 e. The molecule has 0 aliphatic heterocycles. The van der Waals surface area contributed by atoms with Crippen molar-refractivity contribution in [2.75, 3.05) is 0 Å². The van der Waals surface area contributed by atoms with Crippen LogP contribution in [-0.2, 0) is 0 Å². The van der Waals surface area contributed by atoms with Gasteiger partial charge in [0.1, 0.15) is 0 Å². The molecule has 0 saturated carbocycles. The van der Waals surface area contributed by atoms with E-state index in [1.54, 1.807) is 0 Å². The Kier molecular flexibility index (Phi) is 6.75. The van der Waals surface area contributed by atoms with E-state index >= 15 is 0 Å². The van der Waals surface area contributed by atoms with Crippen molar-refractivity contribution in [3.63, 3.8) is 0 Å². The maximum Gasteiger partial charge on any atom is 0.0684 e. The Bertz CT molecular complexity index is 429. The lowest BCUT2D eigenvalue weighted by Gasteiger charge is -2.39. The molecule has 0 amide bonds. The summed E-state index contributed by atoms with van der Waals surface area (Å²) in [4.78, 5) is 0. The number of nitrogens with zero attached hydrogens (tertiary/aromatic N) is 3. The third-order valence-corrected chi connectivity index (χ3v) is 4.19. The molecule has 0 fully saturated rings. The number of hydrogen-bond acceptors (Lipinski definition) is 3. The van der Waals surface area contributed by atoms with Crippen LogP contribution >= 0.6 is 0 Å². The molecule has 0 radical (unpaired) electrons. The predicted molar refractivity (Wildman–Crippen MR) is 80.1 cm³/mol. The molecule has 0 rings (SSSR count). The van der Waals surface area contributed by atoms with Gasteiger partial charge in [0.25, 0.3) is 0 Å². The van der Waals surface area contributed by atoms with Crippen molar-refractivity contribution in [2.45, 2.75) is 60.8 Å². The average Bonchev–Trinajstić information content (AvgIpc) is 2.34. The summed E-state index contributed by atoms with van der Waals surface area (Å²) < 4.78 is 0. The highest BCUT2D eigenvalue weighted by Gasteiger charge is 2.36. The van der Waals surface area contributed by atoms with Crippen molar-refractivity contribution in [2.24, 2.45) is 28.6 Å². The molecule has 0 bridgehead atoms. The first-order chi connectivity index (χ1) is 9.09. The highest BCUT2D eigenvalue weighted by Crippen LogP contribution is 2.43. The molecule has 0 aliphatic rings. The van der Waals surface area contributed by atoms with Crippen molar-refractivity contribution < 1.29 is 0 Å². The number of nitriles is 3. The van der Waals surface area contributed by atoms with Gasteiger partial charge in [-0.2, -0.15) is 15.8 Å². The van der Waals surface area contributed by atoms with Gasteiger partial charge in [-0.1, -0.05) is 20.8 Å². The van der Waals surface area contributed by atoms with Crippen LogP contribution in [0.3, 0.4) is 0 Å². The Hall–Kier alpha value is -1.53. The molecule has 0 aromatic rings. The Morgan fingerprint density at radius 1 is 0.950 bits per heavy atom. The molecule has 3 nitrogen and oxygen atoms in total. The number of hydrogen-bond donors (Lipinski definition) is 0. The van der Waals surface area contributed by atoms with Crippen molar-refractivity contribution in [3.8, 4) is 18.2 Å². The molecule has 0 N–H and O–H groups in total. The van der Waals surface area contributed by atoms with Crippen LogP contribution in [0.4, 0.5) is 0 Å². The first-order valence-electron chi connectivity index (χ1n) is 7.27. The molecule has 3 unspecified atom stereocenters. The van der Waals surface area contributed by atoms with Crippen LogP contribution in [0, 0.1) is 62.6 Å². The van der Waals surface area contributed by atoms with Gasteiger partial charge in [0, 0.05) is 12.3 Å². The van der Waals surface area contributed by atoms with E-state index in [1.165, 1.54) is 0 Å². The molecule has 0 aromatic carbocycles. The zero-order chi connectivity index (χ0) is 16.0. The lowest BCUT2D eigenvalue weighted by atomic mass is 9.64. The molecule has 0 spiro atoms. The minimum absolute atomic E-state index is 0.0117. The highest BCUT2D eigenvalue weighted by molar-refractivity contribution is 4.97. The second-order valence-corrected chi connectivity index (χ2v) is 7.37. The standard InChI is InChI=1S/C17H27N3/c1-13(11-19)9-17(5,6)15(7-8-18)14(2)10-16(3,4)12-20/h13-15H,7,9-10H2,1-6H3. The van der Waals surface area contributed by atoms with Crippen LogP contribution in [0.1, 0.15) is 60.8 Å². The van der Waals surface area contributed by atoms with E-state index in [1.807, 2.05) is 20.8 Å². The van der Waals surface area contributed by atoms with Crippen LogP contribution < -0.4 is 0 Å². The summed E-state index contributed by atoms with van der Waals surface area (Å²) in [6.07, 6.45) is 2.04. The van der Waals surface area contributed by atoms with Gasteiger partial charge in [0.2, 0.25) is 0 Å². The normalized spacial score (nSPS) is 16.4. The Morgan fingerprint density at radius 2 is 1.50 bits per heavy atom. The fourth-order valence-electron chi connectivity index (χ4n) is 3.33. The van der Waals surface area contributed by atoms with E-state index in [0.717, 1.165) is 12.8 Å². The molecule has 0 saturated heterocycles. The van der Waals surface area contributed by atoms with E-state index in [4.69, 9.17) is 10.5 Å². The zero-order valence-electron chi connectivity index (χ0n) is 13.7. The van der Waals surface area contributed by atoms with Crippen molar-refractivity contribution in [3.05, 3.63) is 0 Å².